The summed E-state index contributed by atoms with van der Waals surface area (Å²) in [6.45, 7) is 0. The molecule has 0 unspecified atom stereocenters. The SMILES string of the molecule is Brc1c2ccccc2[c-]c2ccccc12.[Br-].[Mg+2]. The average molecular weight is 360 g/mol. The van der Waals surface area contributed by atoms with Gasteiger partial charge in [0, 0.05) is 0 Å². The van der Waals surface area contributed by atoms with Gasteiger partial charge in [0.2, 0.25) is 0 Å². The summed E-state index contributed by atoms with van der Waals surface area (Å²) in [6, 6.07) is 20.0. The molecule has 3 rings (SSSR count). The van der Waals surface area contributed by atoms with Crippen LogP contribution in [0, 0.1) is 6.07 Å². The second-order valence-electron chi connectivity index (χ2n) is 3.53. The van der Waals surface area contributed by atoms with Crippen LogP contribution in [0.1, 0.15) is 0 Å². The van der Waals surface area contributed by atoms with E-state index in [0.29, 0.717) is 0 Å². The molecule has 80 valence electrons. The zero-order valence-corrected chi connectivity index (χ0v) is 13.7. The Morgan fingerprint density at radius 1 is 0.765 bits per heavy atom. The number of benzene rings is 3. The van der Waals surface area contributed by atoms with Crippen LogP contribution in [0.2, 0.25) is 0 Å². The van der Waals surface area contributed by atoms with Gasteiger partial charge in [0.1, 0.15) is 0 Å². The zero-order chi connectivity index (χ0) is 10.3. The van der Waals surface area contributed by atoms with Crippen LogP contribution in [-0.2, 0) is 0 Å². The molecule has 0 spiro atoms. The molecule has 0 aliphatic heterocycles. The summed E-state index contributed by atoms with van der Waals surface area (Å²) in [4.78, 5) is 0. The first-order valence-corrected chi connectivity index (χ1v) is 5.64. The van der Waals surface area contributed by atoms with Gasteiger partial charge in [0.15, 0.2) is 0 Å². The molecule has 0 N–H and O–H groups in total. The normalized spacial score (nSPS) is 9.71. The van der Waals surface area contributed by atoms with E-state index in [2.05, 4.69) is 58.4 Å². The van der Waals surface area contributed by atoms with E-state index in [0.717, 1.165) is 15.2 Å². The molecule has 0 fully saturated rings. The number of rotatable bonds is 0. The number of fused-ring (bicyclic) bond motifs is 2. The number of hydrogen-bond donors (Lipinski definition) is 0. The summed E-state index contributed by atoms with van der Waals surface area (Å²) < 4.78 is 1.16. The standard InChI is InChI=1S/C14H8Br.BrH.Mg/c15-14-12-7-3-1-5-10(12)9-11-6-2-4-8-13(11)14;;/h1-8H;1H;/q-1;;+2/p-1. The Balaban J connectivity index is 0.000000722. The van der Waals surface area contributed by atoms with Crippen molar-refractivity contribution >= 4 is 60.5 Å². The van der Waals surface area contributed by atoms with Gasteiger partial charge >= 0.3 is 23.1 Å². The minimum Gasteiger partial charge on any atom is -1.00 e. The molecular weight excluding hydrogens is 352 g/mol. The summed E-state index contributed by atoms with van der Waals surface area (Å²) in [7, 11) is 0. The molecule has 17 heavy (non-hydrogen) atoms. The summed E-state index contributed by atoms with van der Waals surface area (Å²) >= 11 is 3.66. The van der Waals surface area contributed by atoms with E-state index in [-0.39, 0.29) is 40.0 Å². The minimum atomic E-state index is 0. The van der Waals surface area contributed by atoms with Crippen molar-refractivity contribution in [3.8, 4) is 0 Å². The monoisotopic (exact) mass is 358 g/mol. The van der Waals surface area contributed by atoms with Crippen molar-refractivity contribution in [1.29, 1.82) is 0 Å². The van der Waals surface area contributed by atoms with Crippen molar-refractivity contribution in [3.05, 3.63) is 59.1 Å². The number of halogens is 2. The predicted molar refractivity (Wildman–Crippen MR) is 73.7 cm³/mol. The first-order chi connectivity index (χ1) is 7.36. The van der Waals surface area contributed by atoms with Crippen molar-refractivity contribution in [2.24, 2.45) is 0 Å². The maximum atomic E-state index is 3.66. The fourth-order valence-corrected chi connectivity index (χ4v) is 2.55. The Labute approximate surface area is 135 Å². The van der Waals surface area contributed by atoms with Crippen LogP contribution in [0.3, 0.4) is 0 Å². The first-order valence-electron chi connectivity index (χ1n) is 4.84. The van der Waals surface area contributed by atoms with Crippen molar-refractivity contribution in [2.45, 2.75) is 0 Å². The van der Waals surface area contributed by atoms with E-state index in [4.69, 9.17) is 0 Å². The second kappa shape index (κ2) is 6.18. The van der Waals surface area contributed by atoms with E-state index in [1.807, 2.05) is 12.1 Å². The van der Waals surface area contributed by atoms with Crippen molar-refractivity contribution in [1.82, 2.24) is 0 Å². The van der Waals surface area contributed by atoms with Gasteiger partial charge in [-0.3, -0.25) is 0 Å². The summed E-state index contributed by atoms with van der Waals surface area (Å²) in [5.74, 6) is 0. The van der Waals surface area contributed by atoms with Crippen LogP contribution >= 0.6 is 15.9 Å². The van der Waals surface area contributed by atoms with E-state index in [1.54, 1.807) is 0 Å². The molecule has 0 heterocycles. The van der Waals surface area contributed by atoms with Gasteiger partial charge in [-0.15, -0.1) is 29.0 Å². The molecule has 3 aromatic carbocycles. The van der Waals surface area contributed by atoms with Crippen molar-refractivity contribution in [2.75, 3.05) is 0 Å². The summed E-state index contributed by atoms with van der Waals surface area (Å²) in [6.07, 6.45) is 0. The molecule has 3 aromatic rings. The van der Waals surface area contributed by atoms with Crippen LogP contribution < -0.4 is 17.0 Å². The molecule has 0 radical (unpaired) electrons. The van der Waals surface area contributed by atoms with E-state index < -0.39 is 0 Å². The molecule has 0 atom stereocenters. The molecule has 0 aromatic heterocycles. The van der Waals surface area contributed by atoms with E-state index in [9.17, 15) is 0 Å². The molecule has 3 heteroatoms. The van der Waals surface area contributed by atoms with Crippen molar-refractivity contribution in [3.63, 3.8) is 0 Å². The van der Waals surface area contributed by atoms with Gasteiger partial charge < -0.3 is 17.0 Å². The van der Waals surface area contributed by atoms with Crippen LogP contribution in [0.4, 0.5) is 0 Å². The van der Waals surface area contributed by atoms with Gasteiger partial charge in [0.25, 0.3) is 0 Å². The molecule has 0 aliphatic rings. The van der Waals surface area contributed by atoms with Crippen LogP contribution in [0.25, 0.3) is 21.5 Å². The van der Waals surface area contributed by atoms with E-state index in [1.165, 1.54) is 10.8 Å². The Morgan fingerprint density at radius 3 is 1.65 bits per heavy atom. The third-order valence-electron chi connectivity index (χ3n) is 2.60. The summed E-state index contributed by atoms with van der Waals surface area (Å²) in [5, 5.41) is 4.75. The molecule has 0 nitrogen and oxygen atoms in total. The Bertz CT molecular complexity index is 596. The largest absolute Gasteiger partial charge is 2.00 e. The first kappa shape index (κ1) is 15.0. The Morgan fingerprint density at radius 2 is 1.18 bits per heavy atom. The third kappa shape index (κ3) is 2.68. The minimum absolute atomic E-state index is 0. The van der Waals surface area contributed by atoms with Gasteiger partial charge in [-0.25, -0.2) is 0 Å². The molecule has 0 bridgehead atoms. The van der Waals surface area contributed by atoms with Crippen LogP contribution in [-0.4, -0.2) is 23.1 Å². The maximum absolute atomic E-state index is 3.66. The predicted octanol–water partition coefficient (Wildman–Crippen LogP) is 1.18. The van der Waals surface area contributed by atoms with Crippen LogP contribution in [0.15, 0.2) is 53.0 Å². The molecule has 0 saturated heterocycles. The van der Waals surface area contributed by atoms with Crippen molar-refractivity contribution < 1.29 is 17.0 Å². The second-order valence-corrected chi connectivity index (χ2v) is 4.32. The zero-order valence-electron chi connectivity index (χ0n) is 9.08. The maximum Gasteiger partial charge on any atom is 2.00 e. The fraction of sp³-hybridized carbons (Fsp3) is 0. The molecule has 0 amide bonds. The Kier molecular flexibility index (Phi) is 5.44. The number of hydrogen-bond acceptors (Lipinski definition) is 0. The fourth-order valence-electron chi connectivity index (χ4n) is 1.86. The van der Waals surface area contributed by atoms with Crippen LogP contribution in [0.5, 0.6) is 0 Å². The molecule has 0 saturated carbocycles. The summed E-state index contributed by atoms with van der Waals surface area (Å²) in [5.41, 5.74) is 0. The van der Waals surface area contributed by atoms with Gasteiger partial charge in [-0.2, -0.15) is 0 Å². The van der Waals surface area contributed by atoms with Gasteiger partial charge in [0.05, 0.1) is 0 Å². The molecular formula is C14H8Br2Mg. The quantitative estimate of drug-likeness (QED) is 0.321. The topological polar surface area (TPSA) is 0 Å². The van der Waals surface area contributed by atoms with Gasteiger partial charge in [-0.1, -0.05) is 63.1 Å². The smallest absolute Gasteiger partial charge is 1.00 e. The molecule has 0 aliphatic carbocycles. The average Bonchev–Trinajstić information content (AvgIpc) is 2.30. The van der Waals surface area contributed by atoms with E-state index >= 15 is 0 Å². The Hall–Kier alpha value is -0.0938. The third-order valence-corrected chi connectivity index (χ3v) is 3.45. The van der Waals surface area contributed by atoms with Gasteiger partial charge in [-0.05, 0) is 4.47 Å².